The van der Waals surface area contributed by atoms with Crippen molar-refractivity contribution in [1.82, 2.24) is 0 Å². The Balaban J connectivity index is 2.98. The van der Waals surface area contributed by atoms with E-state index in [-0.39, 0.29) is 18.1 Å². The van der Waals surface area contributed by atoms with Gasteiger partial charge in [-0.1, -0.05) is 13.8 Å². The standard InChI is InChI=1S/C18H27NO4/c1-7-12(2)16(20)11-13-10-14(22-6)8-9-15(13)19-17(21)23-18(3,4)5/h8-10,12H,7,11H2,1-6H3,(H,19,21). The molecule has 23 heavy (non-hydrogen) atoms. The SMILES string of the molecule is CCC(C)C(=O)Cc1cc(OC)ccc1NC(=O)OC(C)(C)C. The quantitative estimate of drug-likeness (QED) is 0.853. The van der Waals surface area contributed by atoms with Gasteiger partial charge in [0.1, 0.15) is 17.1 Å². The maximum absolute atomic E-state index is 12.2. The number of hydrogen-bond donors (Lipinski definition) is 1. The van der Waals surface area contributed by atoms with Crippen molar-refractivity contribution in [3.05, 3.63) is 23.8 Å². The van der Waals surface area contributed by atoms with Gasteiger partial charge in [0.15, 0.2) is 0 Å². The highest BCUT2D eigenvalue weighted by Gasteiger charge is 2.19. The van der Waals surface area contributed by atoms with E-state index in [1.807, 2.05) is 13.8 Å². The minimum atomic E-state index is -0.580. The lowest BCUT2D eigenvalue weighted by atomic mass is 9.96. The fraction of sp³-hybridized carbons (Fsp3) is 0.556. The summed E-state index contributed by atoms with van der Waals surface area (Å²) in [6.07, 6.45) is 0.495. The average Bonchev–Trinajstić information content (AvgIpc) is 2.46. The van der Waals surface area contributed by atoms with Crippen molar-refractivity contribution < 1.29 is 19.1 Å². The summed E-state index contributed by atoms with van der Waals surface area (Å²) in [6, 6.07) is 5.24. The molecule has 0 saturated heterocycles. The molecule has 0 aliphatic heterocycles. The van der Waals surface area contributed by atoms with E-state index < -0.39 is 11.7 Å². The van der Waals surface area contributed by atoms with Crippen LogP contribution in [0.25, 0.3) is 0 Å². The molecule has 0 aliphatic rings. The highest BCUT2D eigenvalue weighted by molar-refractivity contribution is 5.89. The molecule has 0 fully saturated rings. The fourth-order valence-electron chi connectivity index (χ4n) is 1.97. The molecule has 0 saturated carbocycles. The lowest BCUT2D eigenvalue weighted by Gasteiger charge is -2.21. The molecule has 128 valence electrons. The third-order valence-corrected chi connectivity index (χ3v) is 3.47. The van der Waals surface area contributed by atoms with Gasteiger partial charge >= 0.3 is 6.09 Å². The van der Waals surface area contributed by atoms with E-state index in [0.29, 0.717) is 11.4 Å². The summed E-state index contributed by atoms with van der Waals surface area (Å²) in [5, 5.41) is 2.71. The van der Waals surface area contributed by atoms with Gasteiger partial charge in [-0.2, -0.15) is 0 Å². The number of benzene rings is 1. The van der Waals surface area contributed by atoms with E-state index >= 15 is 0 Å². The summed E-state index contributed by atoms with van der Waals surface area (Å²) in [5.74, 6) is 0.759. The fourth-order valence-corrected chi connectivity index (χ4v) is 1.97. The number of methoxy groups -OCH3 is 1. The van der Waals surface area contributed by atoms with Gasteiger partial charge in [0.05, 0.1) is 7.11 Å². The van der Waals surface area contributed by atoms with Crippen molar-refractivity contribution >= 4 is 17.6 Å². The largest absolute Gasteiger partial charge is 0.497 e. The van der Waals surface area contributed by atoms with Gasteiger partial charge < -0.3 is 9.47 Å². The van der Waals surface area contributed by atoms with E-state index in [9.17, 15) is 9.59 Å². The first-order valence-electron chi connectivity index (χ1n) is 7.86. The van der Waals surface area contributed by atoms with Crippen molar-refractivity contribution in [2.75, 3.05) is 12.4 Å². The monoisotopic (exact) mass is 321 g/mol. The van der Waals surface area contributed by atoms with Gasteiger partial charge in [0.2, 0.25) is 0 Å². The number of anilines is 1. The van der Waals surface area contributed by atoms with E-state index in [0.717, 1.165) is 12.0 Å². The van der Waals surface area contributed by atoms with Crippen LogP contribution in [0.15, 0.2) is 18.2 Å². The van der Waals surface area contributed by atoms with E-state index in [2.05, 4.69) is 5.32 Å². The molecule has 1 rings (SSSR count). The van der Waals surface area contributed by atoms with Gasteiger partial charge in [0, 0.05) is 18.0 Å². The van der Waals surface area contributed by atoms with E-state index in [1.54, 1.807) is 46.1 Å². The van der Waals surface area contributed by atoms with Crippen LogP contribution in [0, 0.1) is 5.92 Å². The molecule has 1 aromatic carbocycles. The molecule has 0 spiro atoms. The molecule has 1 unspecified atom stereocenters. The molecule has 5 heteroatoms. The number of nitrogens with one attached hydrogen (secondary N) is 1. The van der Waals surface area contributed by atoms with Gasteiger partial charge in [0.25, 0.3) is 0 Å². The zero-order valence-electron chi connectivity index (χ0n) is 14.9. The summed E-state index contributed by atoms with van der Waals surface area (Å²) in [6.45, 7) is 9.29. The molecule has 1 amide bonds. The minimum absolute atomic E-state index is 0.0180. The average molecular weight is 321 g/mol. The van der Waals surface area contributed by atoms with Crippen LogP contribution in [0.4, 0.5) is 10.5 Å². The highest BCUT2D eigenvalue weighted by Crippen LogP contribution is 2.24. The van der Waals surface area contributed by atoms with Crippen molar-refractivity contribution in [2.24, 2.45) is 5.92 Å². The van der Waals surface area contributed by atoms with Crippen LogP contribution in [0.5, 0.6) is 5.75 Å². The second-order valence-corrected chi connectivity index (χ2v) is 6.60. The van der Waals surface area contributed by atoms with Gasteiger partial charge in [-0.3, -0.25) is 10.1 Å². The van der Waals surface area contributed by atoms with Crippen LogP contribution in [0.3, 0.4) is 0 Å². The smallest absolute Gasteiger partial charge is 0.412 e. The Hall–Kier alpha value is -2.04. The molecule has 1 aromatic rings. The van der Waals surface area contributed by atoms with Gasteiger partial charge in [-0.05, 0) is 51.0 Å². The molecular weight excluding hydrogens is 294 g/mol. The second kappa shape index (κ2) is 7.99. The Bertz CT molecular complexity index is 561. The zero-order chi connectivity index (χ0) is 17.6. The molecule has 0 bridgehead atoms. The summed E-state index contributed by atoms with van der Waals surface area (Å²) in [7, 11) is 1.57. The Morgan fingerprint density at radius 2 is 1.91 bits per heavy atom. The number of ketones is 1. The lowest BCUT2D eigenvalue weighted by molar-refractivity contribution is -0.121. The number of hydrogen-bond acceptors (Lipinski definition) is 4. The van der Waals surface area contributed by atoms with Crippen LogP contribution < -0.4 is 10.1 Å². The number of carbonyl (C=O) groups is 2. The Labute approximate surface area is 138 Å². The molecule has 0 radical (unpaired) electrons. The number of Topliss-reactive ketones (excluding diaryl/α,β-unsaturated/α-hetero) is 1. The third-order valence-electron chi connectivity index (χ3n) is 3.47. The van der Waals surface area contributed by atoms with Crippen LogP contribution in [-0.4, -0.2) is 24.6 Å². The molecule has 1 N–H and O–H groups in total. The molecule has 1 atom stereocenters. The van der Waals surface area contributed by atoms with Crippen molar-refractivity contribution in [2.45, 2.75) is 53.1 Å². The highest BCUT2D eigenvalue weighted by atomic mass is 16.6. The molecule has 0 aromatic heterocycles. The van der Waals surface area contributed by atoms with Crippen LogP contribution in [-0.2, 0) is 16.0 Å². The zero-order valence-corrected chi connectivity index (χ0v) is 14.9. The van der Waals surface area contributed by atoms with Gasteiger partial charge in [-0.15, -0.1) is 0 Å². The number of rotatable bonds is 6. The van der Waals surface area contributed by atoms with Gasteiger partial charge in [-0.25, -0.2) is 4.79 Å². The van der Waals surface area contributed by atoms with Crippen molar-refractivity contribution in [3.63, 3.8) is 0 Å². The van der Waals surface area contributed by atoms with E-state index in [1.165, 1.54) is 0 Å². The van der Waals surface area contributed by atoms with Crippen LogP contribution >= 0.6 is 0 Å². The van der Waals surface area contributed by atoms with Crippen molar-refractivity contribution in [1.29, 1.82) is 0 Å². The first-order chi connectivity index (χ1) is 10.7. The Kier molecular flexibility index (Phi) is 6.61. The molecule has 0 heterocycles. The van der Waals surface area contributed by atoms with E-state index in [4.69, 9.17) is 9.47 Å². The summed E-state index contributed by atoms with van der Waals surface area (Å²) in [4.78, 5) is 24.2. The first kappa shape index (κ1) is 19.0. The number of ether oxygens (including phenoxy) is 2. The van der Waals surface area contributed by atoms with Crippen molar-refractivity contribution in [3.8, 4) is 5.75 Å². The predicted molar refractivity (Wildman–Crippen MR) is 91.0 cm³/mol. The third kappa shape index (κ3) is 6.30. The molecule has 5 nitrogen and oxygen atoms in total. The van der Waals surface area contributed by atoms with Crippen LogP contribution in [0.1, 0.15) is 46.6 Å². The topological polar surface area (TPSA) is 64.6 Å². The Morgan fingerprint density at radius 3 is 2.43 bits per heavy atom. The molecule has 0 aliphatic carbocycles. The molecular formula is C18H27NO4. The summed E-state index contributed by atoms with van der Waals surface area (Å²) < 4.78 is 10.5. The normalized spacial score (nSPS) is 12.4. The summed E-state index contributed by atoms with van der Waals surface area (Å²) >= 11 is 0. The maximum atomic E-state index is 12.2. The second-order valence-electron chi connectivity index (χ2n) is 6.60. The summed E-state index contributed by atoms with van der Waals surface area (Å²) in [5.41, 5.74) is 0.709. The van der Waals surface area contributed by atoms with Crippen LogP contribution in [0.2, 0.25) is 0 Å². The predicted octanol–water partition coefficient (Wildman–Crippen LogP) is 4.20. The number of carbonyl (C=O) groups excluding carboxylic acids is 2. The maximum Gasteiger partial charge on any atom is 0.412 e. The Morgan fingerprint density at radius 1 is 1.26 bits per heavy atom. The lowest BCUT2D eigenvalue weighted by Crippen LogP contribution is -2.27. The number of amides is 1. The minimum Gasteiger partial charge on any atom is -0.497 e. The first-order valence-corrected chi connectivity index (χ1v) is 7.86.